The number of benzene rings is 1. The molecule has 0 aliphatic carbocycles. The predicted molar refractivity (Wildman–Crippen MR) is 81.2 cm³/mol. The lowest BCUT2D eigenvalue weighted by atomic mass is 10.2. The first-order valence-corrected chi connectivity index (χ1v) is 6.88. The molecule has 20 heavy (non-hydrogen) atoms. The van der Waals surface area contributed by atoms with Crippen LogP contribution in [0.15, 0.2) is 36.4 Å². The lowest BCUT2D eigenvalue weighted by Gasteiger charge is -2.13. The molecule has 1 rings (SSSR count). The molecule has 4 heteroatoms. The minimum absolute atomic E-state index is 0.281. The molecular weight excluding hydrogens is 254 g/mol. The van der Waals surface area contributed by atoms with Gasteiger partial charge in [0.25, 0.3) is 0 Å². The molecule has 0 heterocycles. The Morgan fingerprint density at radius 3 is 2.95 bits per heavy atom. The number of hydrogen-bond donors (Lipinski definition) is 2. The van der Waals surface area contributed by atoms with Gasteiger partial charge in [0.1, 0.15) is 18.5 Å². The summed E-state index contributed by atoms with van der Waals surface area (Å²) in [6, 6.07) is 7.79. The zero-order valence-corrected chi connectivity index (χ0v) is 12.4. The zero-order chi connectivity index (χ0) is 14.8. The Labute approximate surface area is 121 Å². The molecule has 0 saturated heterocycles. The third-order valence-electron chi connectivity index (χ3n) is 2.58. The van der Waals surface area contributed by atoms with Crippen molar-refractivity contribution in [2.24, 2.45) is 0 Å². The van der Waals surface area contributed by atoms with Gasteiger partial charge in [-0.15, -0.1) is 0 Å². The topological polar surface area (TPSA) is 50.7 Å². The highest BCUT2D eigenvalue weighted by molar-refractivity contribution is 5.27. The summed E-state index contributed by atoms with van der Waals surface area (Å²) >= 11 is 0. The van der Waals surface area contributed by atoms with E-state index in [-0.39, 0.29) is 6.61 Å². The van der Waals surface area contributed by atoms with Gasteiger partial charge in [-0.1, -0.05) is 24.3 Å². The second-order valence-corrected chi connectivity index (χ2v) is 5.00. The number of aryl methyl sites for hydroxylation is 1. The van der Waals surface area contributed by atoms with Gasteiger partial charge in [-0.3, -0.25) is 0 Å². The number of nitrogens with one attached hydrogen (secondary N) is 1. The van der Waals surface area contributed by atoms with Crippen LogP contribution in [0.4, 0.5) is 0 Å². The molecule has 0 amide bonds. The number of aliphatic hydroxyl groups excluding tert-OH is 1. The fourth-order valence-electron chi connectivity index (χ4n) is 1.62. The number of rotatable bonds is 10. The molecule has 112 valence electrons. The molecule has 0 bridgehead atoms. The van der Waals surface area contributed by atoms with Crippen LogP contribution in [0.25, 0.3) is 0 Å². The SMILES string of the molecule is C=C(C)COCCNCC(O)COc1cccc(C)c1. The van der Waals surface area contributed by atoms with Crippen molar-refractivity contribution in [2.45, 2.75) is 20.0 Å². The molecule has 2 N–H and O–H groups in total. The van der Waals surface area contributed by atoms with Crippen molar-refractivity contribution in [3.8, 4) is 5.75 Å². The van der Waals surface area contributed by atoms with Gasteiger partial charge in [-0.2, -0.15) is 0 Å². The van der Waals surface area contributed by atoms with Crippen LogP contribution in [0.2, 0.25) is 0 Å². The van der Waals surface area contributed by atoms with E-state index in [0.29, 0.717) is 26.3 Å². The molecule has 0 fully saturated rings. The third-order valence-corrected chi connectivity index (χ3v) is 2.58. The molecule has 0 spiro atoms. The largest absolute Gasteiger partial charge is 0.491 e. The molecule has 1 unspecified atom stereocenters. The molecule has 1 aromatic rings. The first-order chi connectivity index (χ1) is 9.58. The van der Waals surface area contributed by atoms with Crippen LogP contribution in [-0.2, 0) is 4.74 Å². The summed E-state index contributed by atoms with van der Waals surface area (Å²) in [4.78, 5) is 0. The molecule has 1 aromatic carbocycles. The minimum atomic E-state index is -0.531. The van der Waals surface area contributed by atoms with E-state index in [1.807, 2.05) is 38.1 Å². The monoisotopic (exact) mass is 279 g/mol. The van der Waals surface area contributed by atoms with E-state index in [4.69, 9.17) is 9.47 Å². The first kappa shape index (κ1) is 16.7. The molecule has 0 radical (unpaired) electrons. The summed E-state index contributed by atoms with van der Waals surface area (Å²) in [7, 11) is 0. The summed E-state index contributed by atoms with van der Waals surface area (Å²) < 4.78 is 10.9. The second-order valence-electron chi connectivity index (χ2n) is 5.00. The molecule has 1 atom stereocenters. The van der Waals surface area contributed by atoms with E-state index in [1.54, 1.807) is 0 Å². The lowest BCUT2D eigenvalue weighted by molar-refractivity contribution is 0.101. The zero-order valence-electron chi connectivity index (χ0n) is 12.4. The van der Waals surface area contributed by atoms with Gasteiger partial charge in [0.05, 0.1) is 13.2 Å². The average molecular weight is 279 g/mol. The van der Waals surface area contributed by atoms with Crippen LogP contribution in [0.5, 0.6) is 5.75 Å². The maximum atomic E-state index is 9.78. The van der Waals surface area contributed by atoms with Crippen LogP contribution in [0.3, 0.4) is 0 Å². The molecular formula is C16H25NO3. The molecule has 0 aromatic heterocycles. The van der Waals surface area contributed by atoms with E-state index in [9.17, 15) is 5.11 Å². The Kier molecular flexibility index (Phi) is 7.95. The highest BCUT2D eigenvalue weighted by Gasteiger charge is 2.04. The van der Waals surface area contributed by atoms with Crippen molar-refractivity contribution in [3.63, 3.8) is 0 Å². The smallest absolute Gasteiger partial charge is 0.119 e. The maximum Gasteiger partial charge on any atom is 0.119 e. The molecule has 0 aliphatic heterocycles. The van der Waals surface area contributed by atoms with Crippen LogP contribution in [-0.4, -0.2) is 44.1 Å². The molecule has 0 saturated carbocycles. The predicted octanol–water partition coefficient (Wildman–Crippen LogP) is 1.92. The van der Waals surface area contributed by atoms with E-state index >= 15 is 0 Å². The van der Waals surface area contributed by atoms with E-state index in [1.165, 1.54) is 0 Å². The highest BCUT2D eigenvalue weighted by Crippen LogP contribution is 2.12. The van der Waals surface area contributed by atoms with Crippen LogP contribution in [0.1, 0.15) is 12.5 Å². The minimum Gasteiger partial charge on any atom is -0.491 e. The van der Waals surface area contributed by atoms with Gasteiger partial charge >= 0.3 is 0 Å². The van der Waals surface area contributed by atoms with Gasteiger partial charge in [0.15, 0.2) is 0 Å². The van der Waals surface area contributed by atoms with E-state index in [2.05, 4.69) is 11.9 Å². The fraction of sp³-hybridized carbons (Fsp3) is 0.500. The average Bonchev–Trinajstić information content (AvgIpc) is 2.40. The summed E-state index contributed by atoms with van der Waals surface area (Å²) in [6.07, 6.45) is -0.531. The number of aliphatic hydroxyl groups is 1. The number of ether oxygens (including phenoxy) is 2. The van der Waals surface area contributed by atoms with Gasteiger partial charge in [0, 0.05) is 13.1 Å². The Bertz CT molecular complexity index is 406. The van der Waals surface area contributed by atoms with Gasteiger partial charge in [0.2, 0.25) is 0 Å². The van der Waals surface area contributed by atoms with Crippen molar-refractivity contribution >= 4 is 0 Å². The Balaban J connectivity index is 2.06. The van der Waals surface area contributed by atoms with Crippen molar-refractivity contribution in [1.29, 1.82) is 0 Å². The highest BCUT2D eigenvalue weighted by atomic mass is 16.5. The van der Waals surface area contributed by atoms with Crippen molar-refractivity contribution in [1.82, 2.24) is 5.32 Å². The standard InChI is InChI=1S/C16H25NO3/c1-13(2)11-19-8-7-17-10-15(18)12-20-16-6-4-5-14(3)9-16/h4-6,9,15,17-18H,1,7-8,10-12H2,2-3H3. The van der Waals surface area contributed by atoms with Crippen LogP contribution in [0, 0.1) is 6.92 Å². The van der Waals surface area contributed by atoms with Crippen molar-refractivity contribution < 1.29 is 14.6 Å². The van der Waals surface area contributed by atoms with E-state index in [0.717, 1.165) is 16.9 Å². The third kappa shape index (κ3) is 7.94. The van der Waals surface area contributed by atoms with Gasteiger partial charge < -0.3 is 19.9 Å². The second kappa shape index (κ2) is 9.53. The van der Waals surface area contributed by atoms with Crippen molar-refractivity contribution in [3.05, 3.63) is 42.0 Å². The summed E-state index contributed by atoms with van der Waals surface area (Å²) in [5.74, 6) is 0.786. The molecule has 0 aliphatic rings. The van der Waals surface area contributed by atoms with E-state index < -0.39 is 6.10 Å². The summed E-state index contributed by atoms with van der Waals surface area (Å²) in [5.41, 5.74) is 2.15. The number of hydrogen-bond acceptors (Lipinski definition) is 4. The molecule has 4 nitrogen and oxygen atoms in total. The quantitative estimate of drug-likeness (QED) is 0.507. The maximum absolute atomic E-state index is 9.78. The summed E-state index contributed by atoms with van der Waals surface area (Å²) in [6.45, 7) is 10.4. The van der Waals surface area contributed by atoms with Gasteiger partial charge in [-0.05, 0) is 31.5 Å². The first-order valence-electron chi connectivity index (χ1n) is 6.88. The van der Waals surface area contributed by atoms with Gasteiger partial charge in [-0.25, -0.2) is 0 Å². The van der Waals surface area contributed by atoms with Crippen LogP contribution >= 0.6 is 0 Å². The van der Waals surface area contributed by atoms with Crippen LogP contribution < -0.4 is 10.1 Å². The Morgan fingerprint density at radius 1 is 1.45 bits per heavy atom. The van der Waals surface area contributed by atoms with Crippen molar-refractivity contribution in [2.75, 3.05) is 32.9 Å². The normalized spacial score (nSPS) is 12.2. The summed E-state index contributed by atoms with van der Waals surface area (Å²) in [5, 5.41) is 12.9. The fourth-order valence-corrected chi connectivity index (χ4v) is 1.62. The Morgan fingerprint density at radius 2 is 2.25 bits per heavy atom. The lowest BCUT2D eigenvalue weighted by Crippen LogP contribution is -2.33. The Hall–Kier alpha value is -1.36.